The molecule has 0 spiro atoms. The highest BCUT2D eigenvalue weighted by Gasteiger charge is 2.18. The van der Waals surface area contributed by atoms with Gasteiger partial charge in [0.05, 0.1) is 5.75 Å². The van der Waals surface area contributed by atoms with Crippen LogP contribution in [0, 0.1) is 5.41 Å². The maximum absolute atomic E-state index is 11.7. The minimum absolute atomic E-state index is 0.0769. The Labute approximate surface area is 102 Å². The first kappa shape index (κ1) is 16.1. The van der Waals surface area contributed by atoms with Crippen LogP contribution in [0.4, 0.5) is 0 Å². The zero-order valence-corrected chi connectivity index (χ0v) is 13.4. The van der Waals surface area contributed by atoms with Gasteiger partial charge < -0.3 is 0 Å². The van der Waals surface area contributed by atoms with Crippen molar-refractivity contribution in [3.63, 3.8) is 0 Å². The molecule has 0 saturated carbocycles. The van der Waals surface area contributed by atoms with Gasteiger partial charge in [0.2, 0.25) is 10.0 Å². The van der Waals surface area contributed by atoms with Crippen molar-refractivity contribution in [3.05, 3.63) is 0 Å². The Morgan fingerprint density at radius 2 is 1.62 bits per heavy atom. The fourth-order valence-electron chi connectivity index (χ4n) is 1.09. The largest absolute Gasteiger partial charge is 0.216 e. The molecule has 0 aromatic rings. The minimum atomic E-state index is -3.06. The van der Waals surface area contributed by atoms with Gasteiger partial charge in [0, 0.05) is 14.6 Å². The van der Waals surface area contributed by atoms with E-state index < -0.39 is 18.1 Å². The number of rotatable bonds is 6. The predicted molar refractivity (Wildman–Crippen MR) is 74.0 cm³/mol. The van der Waals surface area contributed by atoms with Crippen molar-refractivity contribution in [3.8, 4) is 0 Å². The Balaban J connectivity index is 3.99. The number of hydrogen-bond acceptors (Lipinski definition) is 2. The van der Waals surface area contributed by atoms with E-state index in [4.69, 9.17) is 0 Å². The van der Waals surface area contributed by atoms with Gasteiger partial charge in [-0.15, -0.1) is 0 Å². The second-order valence-corrected chi connectivity index (χ2v) is 14.4. The maximum Gasteiger partial charge on any atom is 0.211 e. The quantitative estimate of drug-likeness (QED) is 0.751. The summed E-state index contributed by atoms with van der Waals surface area (Å²) in [6.45, 7) is 13.5. The third-order valence-electron chi connectivity index (χ3n) is 2.32. The van der Waals surface area contributed by atoms with Crippen LogP contribution in [0.3, 0.4) is 0 Å². The van der Waals surface area contributed by atoms with Gasteiger partial charge in [-0.1, -0.05) is 40.4 Å². The zero-order valence-electron chi connectivity index (χ0n) is 11.6. The summed E-state index contributed by atoms with van der Waals surface area (Å²) in [5.41, 5.74) is 0.0769. The van der Waals surface area contributed by atoms with Crippen LogP contribution >= 0.6 is 0 Å². The first-order chi connectivity index (χ1) is 6.91. The highest BCUT2D eigenvalue weighted by molar-refractivity contribution is 7.89. The molecule has 3 nitrogen and oxygen atoms in total. The second-order valence-electron chi connectivity index (χ2n) is 6.83. The van der Waals surface area contributed by atoms with Crippen LogP contribution < -0.4 is 4.72 Å². The summed E-state index contributed by atoms with van der Waals surface area (Å²) in [5, 5.41) is 0. The van der Waals surface area contributed by atoms with Gasteiger partial charge in [-0.3, -0.25) is 0 Å². The Kier molecular flexibility index (Phi) is 5.69. The molecule has 0 aliphatic rings. The van der Waals surface area contributed by atoms with Crippen LogP contribution in [-0.4, -0.2) is 28.8 Å². The van der Waals surface area contributed by atoms with Crippen molar-refractivity contribution in [1.82, 2.24) is 4.72 Å². The van der Waals surface area contributed by atoms with E-state index in [1.165, 1.54) is 0 Å². The molecule has 5 heteroatoms. The molecule has 0 aromatic carbocycles. The topological polar surface area (TPSA) is 46.2 Å². The van der Waals surface area contributed by atoms with Crippen LogP contribution in [0.2, 0.25) is 25.7 Å². The highest BCUT2D eigenvalue weighted by Crippen LogP contribution is 2.18. The summed E-state index contributed by atoms with van der Waals surface area (Å²) in [6.07, 6.45) is 0.704. The molecule has 0 radical (unpaired) electrons. The van der Waals surface area contributed by atoms with Gasteiger partial charge in [0.15, 0.2) is 0 Å². The van der Waals surface area contributed by atoms with E-state index in [1.54, 1.807) is 0 Å². The molecule has 0 amide bonds. The number of nitrogens with one attached hydrogen (secondary N) is 1. The van der Waals surface area contributed by atoms with Crippen LogP contribution in [0.1, 0.15) is 27.2 Å². The number of hydrogen-bond donors (Lipinski definition) is 1. The summed E-state index contributed by atoms with van der Waals surface area (Å²) < 4.78 is 26.0. The van der Waals surface area contributed by atoms with Crippen molar-refractivity contribution >= 4 is 18.1 Å². The molecule has 98 valence electrons. The first-order valence-electron chi connectivity index (χ1n) is 5.89. The molecular weight excluding hydrogens is 238 g/mol. The average molecular weight is 265 g/mol. The Morgan fingerprint density at radius 1 is 1.12 bits per heavy atom. The minimum Gasteiger partial charge on any atom is -0.216 e. The van der Waals surface area contributed by atoms with Gasteiger partial charge >= 0.3 is 0 Å². The van der Waals surface area contributed by atoms with Crippen LogP contribution in [0.5, 0.6) is 0 Å². The smallest absolute Gasteiger partial charge is 0.211 e. The lowest BCUT2D eigenvalue weighted by Gasteiger charge is -2.19. The average Bonchev–Trinajstić information content (AvgIpc) is 1.97. The lowest BCUT2D eigenvalue weighted by atomic mass is 9.94. The summed E-state index contributed by atoms with van der Waals surface area (Å²) >= 11 is 0. The van der Waals surface area contributed by atoms with Gasteiger partial charge in [0.25, 0.3) is 0 Å². The lowest BCUT2D eigenvalue weighted by Crippen LogP contribution is -2.33. The van der Waals surface area contributed by atoms with Gasteiger partial charge in [-0.2, -0.15) is 0 Å². The molecule has 0 aliphatic carbocycles. The van der Waals surface area contributed by atoms with Crippen LogP contribution in [0.15, 0.2) is 0 Å². The molecule has 0 saturated heterocycles. The molecule has 0 bridgehead atoms. The monoisotopic (exact) mass is 265 g/mol. The summed E-state index contributed by atoms with van der Waals surface area (Å²) in [6, 6.07) is 1.00. The van der Waals surface area contributed by atoms with Crippen LogP contribution in [0.25, 0.3) is 0 Å². The maximum atomic E-state index is 11.7. The summed E-state index contributed by atoms with van der Waals surface area (Å²) in [7, 11) is -4.21. The molecule has 16 heavy (non-hydrogen) atoms. The molecule has 0 heterocycles. The molecule has 0 unspecified atom stereocenters. The van der Waals surface area contributed by atoms with Crippen molar-refractivity contribution in [1.29, 1.82) is 0 Å². The van der Waals surface area contributed by atoms with Crippen molar-refractivity contribution in [2.45, 2.75) is 52.9 Å². The normalized spacial score (nSPS) is 14.1. The fourth-order valence-corrected chi connectivity index (χ4v) is 3.59. The zero-order chi connectivity index (χ0) is 13.0. The van der Waals surface area contributed by atoms with Crippen molar-refractivity contribution in [2.75, 3.05) is 12.3 Å². The van der Waals surface area contributed by atoms with E-state index in [0.29, 0.717) is 13.0 Å². The lowest BCUT2D eigenvalue weighted by molar-refractivity contribution is 0.396. The van der Waals surface area contributed by atoms with E-state index in [2.05, 4.69) is 45.1 Å². The third-order valence-corrected chi connectivity index (χ3v) is 5.45. The van der Waals surface area contributed by atoms with Crippen molar-refractivity contribution in [2.24, 2.45) is 5.41 Å². The van der Waals surface area contributed by atoms with Crippen LogP contribution in [-0.2, 0) is 10.0 Å². The van der Waals surface area contributed by atoms with Gasteiger partial charge in [-0.25, -0.2) is 13.1 Å². The molecule has 1 N–H and O–H groups in total. The molecule has 0 aromatic heterocycles. The van der Waals surface area contributed by atoms with E-state index >= 15 is 0 Å². The molecule has 0 aliphatic heterocycles. The van der Waals surface area contributed by atoms with E-state index in [0.717, 1.165) is 6.04 Å². The molecule has 0 rings (SSSR count). The predicted octanol–water partition coefficient (Wildman–Crippen LogP) is 2.68. The SMILES string of the molecule is CC(C)(C)CCS(=O)(=O)NCC[Si](C)(C)C. The Bertz CT molecular complexity index is 299. The fraction of sp³-hybridized carbons (Fsp3) is 1.00. The molecule has 0 atom stereocenters. The standard InChI is InChI=1S/C11H27NO2SSi/c1-11(2,3)7-9-15(13,14)12-8-10-16(4,5)6/h12H,7-10H2,1-6H3. The summed E-state index contributed by atoms with van der Waals surface area (Å²) in [4.78, 5) is 0. The summed E-state index contributed by atoms with van der Waals surface area (Å²) in [5.74, 6) is 0.238. The van der Waals surface area contributed by atoms with Gasteiger partial charge in [-0.05, 0) is 17.9 Å². The second kappa shape index (κ2) is 5.64. The van der Waals surface area contributed by atoms with E-state index in [9.17, 15) is 8.42 Å². The molecule has 0 fully saturated rings. The molecular formula is C11H27NO2SSi. The van der Waals surface area contributed by atoms with E-state index in [-0.39, 0.29) is 11.2 Å². The van der Waals surface area contributed by atoms with Gasteiger partial charge in [0.1, 0.15) is 0 Å². The Hall–Kier alpha value is 0.127. The number of sulfonamides is 1. The first-order valence-corrected chi connectivity index (χ1v) is 11.2. The van der Waals surface area contributed by atoms with Crippen molar-refractivity contribution < 1.29 is 8.42 Å². The van der Waals surface area contributed by atoms with E-state index in [1.807, 2.05) is 0 Å². The Morgan fingerprint density at radius 3 is 2.00 bits per heavy atom. The third kappa shape index (κ3) is 10.6. The highest BCUT2D eigenvalue weighted by atomic mass is 32.2.